The van der Waals surface area contributed by atoms with Crippen LogP contribution in [0.1, 0.15) is 322 Å². The number of unbranched alkanes of at least 4 members (excludes halogenated alkanes) is 29. The van der Waals surface area contributed by atoms with Crippen LogP contribution in [-0.4, -0.2) is 147 Å². The monoisotopic (exact) mass is 1580 g/mol. The maximum absolute atomic E-state index is 14.7. The number of nitrogen functional groups attached to an aromatic ring is 1. The normalized spacial score (nSPS) is 13.5. The SMILES string of the molecule is CCCCCCCCCCCCCCCC(=O)OCC(CSC[C@H](N)C(=O)CC(CO)C(=O)CC(CCCCN)C(=O)CC(CCCCN)C(=O)NC(CCCCN)C(=O)CC(CCCCN)C(=O)Nc1ccc(Cn2c(=O)[nH]c3c(N)nc(NCCCC)nc32)cc1)OC(=O)CCCCCCCCCCCCCCC. The molecule has 111 heavy (non-hydrogen) atoms. The smallest absolute Gasteiger partial charge is 0.328 e. The molecular formula is C85H149N13O12S. The highest BCUT2D eigenvalue weighted by Crippen LogP contribution is 2.28. The second kappa shape index (κ2) is 63.2. The minimum Gasteiger partial charge on any atom is -0.462 e. The number of aliphatic hydroxyl groups excluding tert-OH is 1. The number of nitrogens with one attached hydrogen (secondary N) is 4. The van der Waals surface area contributed by atoms with Gasteiger partial charge in [0.05, 0.1) is 25.2 Å². The number of hydrogen-bond acceptors (Lipinski definition) is 22. The van der Waals surface area contributed by atoms with E-state index < -0.39 is 77.5 Å². The molecular weight excluding hydrogens is 1430 g/mol. The number of H-pyrrole nitrogens is 1. The Hall–Kier alpha value is -6.16. The van der Waals surface area contributed by atoms with Gasteiger partial charge in [0.1, 0.15) is 29.8 Å². The van der Waals surface area contributed by atoms with Crippen LogP contribution in [0, 0.1) is 23.7 Å². The molecule has 26 heteroatoms. The summed E-state index contributed by atoms with van der Waals surface area (Å²) in [6, 6.07) is 4.88. The van der Waals surface area contributed by atoms with E-state index in [4.69, 9.17) is 43.9 Å². The Labute approximate surface area is 669 Å². The van der Waals surface area contributed by atoms with Crippen LogP contribution >= 0.6 is 11.8 Å². The van der Waals surface area contributed by atoms with E-state index >= 15 is 0 Å². The van der Waals surface area contributed by atoms with Gasteiger partial charge in [0.2, 0.25) is 17.8 Å². The third kappa shape index (κ3) is 44.3. The quantitative estimate of drug-likeness (QED) is 0.0185. The van der Waals surface area contributed by atoms with Gasteiger partial charge in [-0.25, -0.2) is 4.79 Å². The Balaban J connectivity index is 1.68. The molecule has 0 saturated heterocycles. The number of thioether (sulfide) groups is 1. The third-order valence-electron chi connectivity index (χ3n) is 21.1. The van der Waals surface area contributed by atoms with E-state index in [-0.39, 0.29) is 112 Å². The highest BCUT2D eigenvalue weighted by atomic mass is 32.2. The lowest BCUT2D eigenvalue weighted by molar-refractivity contribution is -0.157. The Morgan fingerprint density at radius 1 is 0.514 bits per heavy atom. The van der Waals surface area contributed by atoms with Gasteiger partial charge in [-0.1, -0.05) is 213 Å². The molecule has 6 unspecified atom stereocenters. The Morgan fingerprint density at radius 3 is 1.48 bits per heavy atom. The van der Waals surface area contributed by atoms with Crippen molar-refractivity contribution in [3.63, 3.8) is 0 Å². The van der Waals surface area contributed by atoms with Crippen molar-refractivity contribution in [2.75, 3.05) is 73.8 Å². The zero-order chi connectivity index (χ0) is 81.1. The van der Waals surface area contributed by atoms with Crippen molar-refractivity contribution in [3.8, 4) is 0 Å². The van der Waals surface area contributed by atoms with Crippen molar-refractivity contribution in [1.82, 2.24) is 24.8 Å². The minimum absolute atomic E-state index is 0.0897. The lowest BCUT2D eigenvalue weighted by Crippen LogP contribution is -2.45. The molecule has 7 atom stereocenters. The molecule has 2 aromatic heterocycles. The number of fused-ring (bicyclic) bond motifs is 1. The molecule has 0 saturated carbocycles. The Kier molecular flexibility index (Phi) is 56.4. The van der Waals surface area contributed by atoms with Gasteiger partial charge in [0, 0.05) is 85.9 Å². The zero-order valence-electron chi connectivity index (χ0n) is 68.6. The summed E-state index contributed by atoms with van der Waals surface area (Å²) in [5.74, 6) is -6.41. The van der Waals surface area contributed by atoms with Crippen molar-refractivity contribution < 1.29 is 52.9 Å². The van der Waals surface area contributed by atoms with Crippen molar-refractivity contribution in [2.45, 2.75) is 341 Å². The summed E-state index contributed by atoms with van der Waals surface area (Å²) in [5, 5.41) is 19.8. The Bertz CT molecular complexity index is 3100. The first kappa shape index (κ1) is 99.0. The molecule has 632 valence electrons. The first-order valence-corrected chi connectivity index (χ1v) is 44.4. The lowest BCUT2D eigenvalue weighted by Gasteiger charge is -2.25. The largest absolute Gasteiger partial charge is 0.462 e. The number of anilines is 3. The molecule has 0 aliphatic rings. The number of imidazole rings is 1. The average Bonchev–Trinajstić information content (AvgIpc) is 1.64. The number of ether oxygens (including phenoxy) is 2. The second-order valence-electron chi connectivity index (χ2n) is 30.9. The predicted octanol–water partition coefficient (Wildman–Crippen LogP) is 13.7. The summed E-state index contributed by atoms with van der Waals surface area (Å²) in [7, 11) is 0. The van der Waals surface area contributed by atoms with E-state index in [9.17, 15) is 48.3 Å². The number of carbonyl (C=O) groups is 8. The van der Waals surface area contributed by atoms with Gasteiger partial charge in [-0.15, -0.1) is 0 Å². The standard InChI is InChI=1S/C85H149N13O12S/c1-4-7-10-12-14-16-18-20-22-24-26-28-30-44-77(104)109-61-70(110-78(105)45-31-29-27-25-23-21-19-17-15-13-11-8-5-2)62-111-63-71(90)75(102)58-68(60-99)74(101)55-65(40-32-36-50-86)73(100)56-66(41-33-37-51-87)83(107)94-72(43-35-39-53-89)76(103)57-67(42-34-38-52-88)82(106)93-69-48-46-64(47-49-69)59-98-81-79(95-85(98)108)80(91)96-84(97-81)92-54-9-6-3/h46-49,65-68,70-72,99H,4-45,50-63,86-90H2,1-3H3,(H,93,106)(H,94,107)(H,95,108)(H3,91,92,96,97)/t65?,66?,67?,68?,70?,71-,72?/m0/s1. The fraction of sp³-hybridized carbons (Fsp3) is 0.776. The van der Waals surface area contributed by atoms with Crippen LogP contribution in [0.25, 0.3) is 11.2 Å². The summed E-state index contributed by atoms with van der Waals surface area (Å²) in [4.78, 5) is 137. The Morgan fingerprint density at radius 2 is 0.964 bits per heavy atom. The van der Waals surface area contributed by atoms with Gasteiger partial charge in [-0.3, -0.25) is 42.9 Å². The molecule has 0 aliphatic carbocycles. The number of hydrogen-bond donors (Lipinski definition) is 11. The molecule has 0 spiro atoms. The summed E-state index contributed by atoms with van der Waals surface area (Å²) in [6.45, 7) is 7.91. The predicted molar refractivity (Wildman–Crippen MR) is 450 cm³/mol. The highest BCUT2D eigenvalue weighted by Gasteiger charge is 2.34. The van der Waals surface area contributed by atoms with E-state index in [0.717, 1.165) is 56.9 Å². The van der Waals surface area contributed by atoms with E-state index in [1.165, 1.54) is 132 Å². The van der Waals surface area contributed by atoms with E-state index in [0.29, 0.717) is 126 Å². The molecule has 0 radical (unpaired) electrons. The average molecular weight is 1580 g/mol. The molecule has 3 rings (SSSR count). The van der Waals surface area contributed by atoms with Crippen molar-refractivity contribution in [1.29, 1.82) is 0 Å². The van der Waals surface area contributed by atoms with Gasteiger partial charge in [0.25, 0.3) is 0 Å². The van der Waals surface area contributed by atoms with E-state index in [1.807, 2.05) is 0 Å². The first-order valence-electron chi connectivity index (χ1n) is 43.3. The van der Waals surface area contributed by atoms with Gasteiger partial charge >= 0.3 is 17.6 Å². The van der Waals surface area contributed by atoms with Crippen LogP contribution in [0.4, 0.5) is 17.5 Å². The summed E-state index contributed by atoms with van der Waals surface area (Å²) < 4.78 is 13.1. The van der Waals surface area contributed by atoms with Crippen LogP contribution in [0.3, 0.4) is 0 Å². The summed E-state index contributed by atoms with van der Waals surface area (Å²) in [5.41, 5.74) is 37.8. The molecule has 0 aliphatic heterocycles. The van der Waals surface area contributed by atoms with Crippen LogP contribution in [0.5, 0.6) is 0 Å². The van der Waals surface area contributed by atoms with Crippen molar-refractivity contribution >= 4 is 87.3 Å². The molecule has 3 aromatic rings. The molecule has 25 nitrogen and oxygen atoms in total. The lowest BCUT2D eigenvalue weighted by atomic mass is 9.82. The number of ketones is 4. The summed E-state index contributed by atoms with van der Waals surface area (Å²) >= 11 is 1.27. The van der Waals surface area contributed by atoms with Crippen molar-refractivity contribution in [3.05, 3.63) is 40.3 Å². The number of Topliss-reactive ketones (excluding diaryl/α,β-unsaturated/α-hetero) is 4. The van der Waals surface area contributed by atoms with Gasteiger partial charge in [0.15, 0.2) is 23.0 Å². The third-order valence-corrected chi connectivity index (χ3v) is 22.3. The fourth-order valence-electron chi connectivity index (χ4n) is 14.0. The van der Waals surface area contributed by atoms with Gasteiger partial charge in [-0.2, -0.15) is 21.7 Å². The van der Waals surface area contributed by atoms with E-state index in [1.54, 1.807) is 24.3 Å². The van der Waals surface area contributed by atoms with Crippen LogP contribution in [0.2, 0.25) is 0 Å². The van der Waals surface area contributed by atoms with Gasteiger partial charge in [-0.05, 0) is 121 Å². The fourth-order valence-corrected chi connectivity index (χ4v) is 15.0. The van der Waals surface area contributed by atoms with Crippen LogP contribution < -0.4 is 56.0 Å². The number of esters is 2. The molecule has 0 fully saturated rings. The maximum Gasteiger partial charge on any atom is 0.328 e. The number of nitrogens with zero attached hydrogens (tertiary/aromatic N) is 3. The molecule has 0 bridgehead atoms. The number of aromatic amines is 1. The number of carbonyl (C=O) groups excluding carboxylic acids is 8. The molecule has 2 heterocycles. The number of aromatic nitrogens is 4. The number of aliphatic hydroxyl groups is 1. The second-order valence-corrected chi connectivity index (χ2v) is 32.0. The highest BCUT2D eigenvalue weighted by molar-refractivity contribution is 7.99. The molecule has 1 aromatic carbocycles. The number of benzene rings is 1. The van der Waals surface area contributed by atoms with Crippen molar-refractivity contribution in [2.24, 2.45) is 52.3 Å². The molecule has 17 N–H and O–H groups in total. The summed E-state index contributed by atoms with van der Waals surface area (Å²) in [6.07, 6.45) is 36.6. The first-order chi connectivity index (χ1) is 53.9. The zero-order valence-corrected chi connectivity index (χ0v) is 69.4. The number of amides is 2. The van der Waals surface area contributed by atoms with Crippen LogP contribution in [-0.2, 0) is 54.4 Å². The number of rotatable bonds is 74. The molecule has 2 amide bonds. The van der Waals surface area contributed by atoms with Gasteiger partial charge < -0.3 is 69.9 Å². The minimum atomic E-state index is -1.17. The van der Waals surface area contributed by atoms with E-state index in [2.05, 4.69) is 51.7 Å². The maximum atomic E-state index is 14.7. The topological polar surface area (TPSA) is 431 Å². The number of nitrogens with two attached hydrogens (primary N) is 6. The van der Waals surface area contributed by atoms with Crippen LogP contribution in [0.15, 0.2) is 29.1 Å².